The quantitative estimate of drug-likeness (QED) is 0.687. The van der Waals surface area contributed by atoms with Crippen LogP contribution in [0.25, 0.3) is 5.69 Å². The number of carbonyl (C=O) groups is 2. The fourth-order valence-corrected chi connectivity index (χ4v) is 3.01. The van der Waals surface area contributed by atoms with E-state index in [4.69, 9.17) is 11.6 Å². The first-order chi connectivity index (χ1) is 13.3. The van der Waals surface area contributed by atoms with Gasteiger partial charge in [-0.3, -0.25) is 9.59 Å². The molecule has 0 saturated heterocycles. The molecular weight excluding hydrogens is 378 g/mol. The van der Waals surface area contributed by atoms with Gasteiger partial charge in [-0.2, -0.15) is 0 Å². The van der Waals surface area contributed by atoms with Gasteiger partial charge in [-0.15, -0.1) is 5.10 Å². The number of benzene rings is 2. The first-order valence-electron chi connectivity index (χ1n) is 8.72. The number of rotatable bonds is 5. The minimum Gasteiger partial charge on any atom is -0.344 e. The van der Waals surface area contributed by atoms with Gasteiger partial charge in [-0.05, 0) is 49.7 Å². The maximum atomic E-state index is 12.7. The van der Waals surface area contributed by atoms with Gasteiger partial charge in [-0.1, -0.05) is 35.0 Å². The molecule has 0 fully saturated rings. The average molecular weight is 398 g/mol. The Kier molecular flexibility index (Phi) is 5.75. The predicted octanol–water partition coefficient (Wildman–Crippen LogP) is 3.68. The topological polar surface area (TPSA) is 88.9 Å². The highest BCUT2D eigenvalue weighted by Crippen LogP contribution is 2.20. The van der Waals surface area contributed by atoms with Crippen LogP contribution in [0.4, 0.5) is 5.69 Å². The van der Waals surface area contributed by atoms with Crippen molar-refractivity contribution in [3.63, 3.8) is 0 Å². The van der Waals surface area contributed by atoms with E-state index in [1.165, 1.54) is 6.92 Å². The minimum atomic E-state index is -0.330. The molecule has 1 aromatic heterocycles. The normalized spacial score (nSPS) is 11.7. The maximum Gasteiger partial charge on any atom is 0.274 e. The van der Waals surface area contributed by atoms with Crippen LogP contribution in [-0.2, 0) is 4.79 Å². The van der Waals surface area contributed by atoms with Crippen molar-refractivity contribution in [2.24, 2.45) is 0 Å². The number of anilines is 1. The number of hydrogen-bond acceptors (Lipinski definition) is 4. The summed E-state index contributed by atoms with van der Waals surface area (Å²) in [5.41, 5.74) is 3.12. The molecule has 1 heterocycles. The van der Waals surface area contributed by atoms with Crippen molar-refractivity contribution in [3.05, 3.63) is 70.5 Å². The second-order valence-corrected chi connectivity index (χ2v) is 6.85. The van der Waals surface area contributed by atoms with E-state index in [1.807, 2.05) is 37.3 Å². The average Bonchev–Trinajstić information content (AvgIpc) is 3.03. The summed E-state index contributed by atoms with van der Waals surface area (Å²) in [6.45, 7) is 5.09. The SMILES string of the molecule is CC(=O)Nc1cccc([C@H](C)NC(=O)c2nnn(-c3cccc(Cl)c3)c2C)c1. The summed E-state index contributed by atoms with van der Waals surface area (Å²) in [5.74, 6) is -0.481. The van der Waals surface area contributed by atoms with Crippen molar-refractivity contribution in [1.82, 2.24) is 20.3 Å². The molecule has 3 rings (SSSR count). The summed E-state index contributed by atoms with van der Waals surface area (Å²) in [4.78, 5) is 23.9. The predicted molar refractivity (Wildman–Crippen MR) is 108 cm³/mol. The summed E-state index contributed by atoms with van der Waals surface area (Å²) in [6, 6.07) is 14.2. The number of nitrogens with zero attached hydrogens (tertiary/aromatic N) is 3. The van der Waals surface area contributed by atoms with E-state index in [0.717, 1.165) is 11.3 Å². The van der Waals surface area contributed by atoms with Crippen molar-refractivity contribution in [2.45, 2.75) is 26.8 Å². The van der Waals surface area contributed by atoms with E-state index >= 15 is 0 Å². The molecule has 3 aromatic rings. The number of nitrogens with one attached hydrogen (secondary N) is 2. The molecular formula is C20H20ClN5O2. The van der Waals surface area contributed by atoms with Crippen LogP contribution in [0.15, 0.2) is 48.5 Å². The molecule has 2 amide bonds. The first-order valence-corrected chi connectivity index (χ1v) is 9.09. The third-order valence-corrected chi connectivity index (χ3v) is 4.45. The van der Waals surface area contributed by atoms with Crippen LogP contribution in [0.1, 0.15) is 41.6 Å². The lowest BCUT2D eigenvalue weighted by Gasteiger charge is -2.15. The molecule has 144 valence electrons. The zero-order valence-electron chi connectivity index (χ0n) is 15.7. The molecule has 0 spiro atoms. The molecule has 0 saturated carbocycles. The number of hydrogen-bond donors (Lipinski definition) is 2. The Morgan fingerprint density at radius 2 is 1.89 bits per heavy atom. The van der Waals surface area contributed by atoms with Gasteiger partial charge in [-0.25, -0.2) is 4.68 Å². The van der Waals surface area contributed by atoms with Crippen LogP contribution in [0.3, 0.4) is 0 Å². The highest BCUT2D eigenvalue weighted by molar-refractivity contribution is 6.30. The smallest absolute Gasteiger partial charge is 0.274 e. The Labute approximate surface area is 167 Å². The standard InChI is InChI=1S/C20H20ClN5O2/c1-12(15-6-4-8-17(10-15)23-14(3)27)22-20(28)19-13(2)26(25-24-19)18-9-5-7-16(21)11-18/h4-12H,1-3H3,(H,22,28)(H,23,27)/t12-/m0/s1. The Morgan fingerprint density at radius 1 is 1.14 bits per heavy atom. The van der Waals surface area contributed by atoms with Crippen molar-refractivity contribution >= 4 is 29.1 Å². The van der Waals surface area contributed by atoms with Crippen molar-refractivity contribution in [2.75, 3.05) is 5.32 Å². The van der Waals surface area contributed by atoms with E-state index in [2.05, 4.69) is 20.9 Å². The van der Waals surface area contributed by atoms with E-state index < -0.39 is 0 Å². The van der Waals surface area contributed by atoms with Crippen molar-refractivity contribution < 1.29 is 9.59 Å². The van der Waals surface area contributed by atoms with Crippen LogP contribution in [-0.4, -0.2) is 26.8 Å². The van der Waals surface area contributed by atoms with E-state index in [0.29, 0.717) is 16.4 Å². The van der Waals surface area contributed by atoms with Gasteiger partial charge in [0.1, 0.15) is 0 Å². The molecule has 0 aliphatic carbocycles. The van der Waals surface area contributed by atoms with Crippen LogP contribution in [0.5, 0.6) is 0 Å². The van der Waals surface area contributed by atoms with Gasteiger partial charge in [0, 0.05) is 17.6 Å². The Hall–Kier alpha value is -3.19. The number of amides is 2. The molecule has 7 nitrogen and oxygen atoms in total. The number of halogens is 1. The van der Waals surface area contributed by atoms with Crippen LogP contribution < -0.4 is 10.6 Å². The fraction of sp³-hybridized carbons (Fsp3) is 0.200. The second kappa shape index (κ2) is 8.22. The van der Waals surface area contributed by atoms with Gasteiger partial charge in [0.05, 0.1) is 17.4 Å². The monoisotopic (exact) mass is 397 g/mol. The molecule has 8 heteroatoms. The van der Waals surface area contributed by atoms with Gasteiger partial charge < -0.3 is 10.6 Å². The summed E-state index contributed by atoms with van der Waals surface area (Å²) in [7, 11) is 0. The van der Waals surface area contributed by atoms with Crippen molar-refractivity contribution in [1.29, 1.82) is 0 Å². The molecule has 1 atom stereocenters. The van der Waals surface area contributed by atoms with Gasteiger partial charge in [0.2, 0.25) is 5.91 Å². The minimum absolute atomic E-state index is 0.151. The highest BCUT2D eigenvalue weighted by atomic mass is 35.5. The summed E-state index contributed by atoms with van der Waals surface area (Å²) in [6.07, 6.45) is 0. The molecule has 28 heavy (non-hydrogen) atoms. The zero-order valence-corrected chi connectivity index (χ0v) is 16.5. The molecule has 0 radical (unpaired) electrons. The van der Waals surface area contributed by atoms with Crippen LogP contribution in [0, 0.1) is 6.92 Å². The lowest BCUT2D eigenvalue weighted by molar-refractivity contribution is -0.114. The van der Waals surface area contributed by atoms with Gasteiger partial charge in [0.25, 0.3) is 5.91 Å². The summed E-state index contributed by atoms with van der Waals surface area (Å²) >= 11 is 6.03. The second-order valence-electron chi connectivity index (χ2n) is 6.42. The van der Waals surface area contributed by atoms with Gasteiger partial charge >= 0.3 is 0 Å². The number of carbonyl (C=O) groups excluding carboxylic acids is 2. The van der Waals surface area contributed by atoms with Gasteiger partial charge in [0.15, 0.2) is 5.69 Å². The zero-order chi connectivity index (χ0) is 20.3. The van der Waals surface area contributed by atoms with E-state index in [9.17, 15) is 9.59 Å². The molecule has 0 bridgehead atoms. The molecule has 2 N–H and O–H groups in total. The lowest BCUT2D eigenvalue weighted by Crippen LogP contribution is -2.27. The molecule has 0 aliphatic rings. The van der Waals surface area contributed by atoms with Crippen molar-refractivity contribution in [3.8, 4) is 5.69 Å². The number of aromatic nitrogens is 3. The Morgan fingerprint density at radius 3 is 2.61 bits per heavy atom. The third-order valence-electron chi connectivity index (χ3n) is 4.22. The maximum absolute atomic E-state index is 12.7. The fourth-order valence-electron chi connectivity index (χ4n) is 2.83. The van der Waals surface area contributed by atoms with E-state index in [1.54, 1.807) is 29.8 Å². The Balaban J connectivity index is 1.77. The molecule has 0 aliphatic heterocycles. The van der Waals surface area contributed by atoms with E-state index in [-0.39, 0.29) is 23.6 Å². The largest absolute Gasteiger partial charge is 0.344 e. The highest BCUT2D eigenvalue weighted by Gasteiger charge is 2.19. The summed E-state index contributed by atoms with van der Waals surface area (Å²) < 4.78 is 1.57. The third kappa shape index (κ3) is 4.37. The molecule has 2 aromatic carbocycles. The molecule has 0 unspecified atom stereocenters. The lowest BCUT2D eigenvalue weighted by atomic mass is 10.1. The summed E-state index contributed by atoms with van der Waals surface area (Å²) in [5, 5.41) is 14.3. The van der Waals surface area contributed by atoms with Crippen LogP contribution >= 0.6 is 11.6 Å². The Bertz CT molecular complexity index is 1030. The van der Waals surface area contributed by atoms with Crippen LogP contribution in [0.2, 0.25) is 5.02 Å². The first kappa shape index (κ1) is 19.6.